The molecular weight excluding hydrogens is 495 g/mol. The van der Waals surface area contributed by atoms with Crippen LogP contribution in [0.5, 0.6) is 5.75 Å². The van der Waals surface area contributed by atoms with Crippen LogP contribution in [0.15, 0.2) is 36.2 Å². The maximum atomic E-state index is 15.1. The van der Waals surface area contributed by atoms with E-state index in [0.29, 0.717) is 18.9 Å². The molecule has 8 nitrogen and oxygen atoms in total. The van der Waals surface area contributed by atoms with Crippen molar-refractivity contribution >= 4 is 11.7 Å². The molecule has 0 aliphatic carbocycles. The number of halogens is 1. The van der Waals surface area contributed by atoms with Gasteiger partial charge in [-0.15, -0.1) is 0 Å². The van der Waals surface area contributed by atoms with E-state index in [1.165, 1.54) is 44.4 Å². The number of aryl methyl sites for hydroxylation is 1. The second kappa shape index (κ2) is 13.9. The minimum atomic E-state index is -0.564. The number of ether oxygens (including phenoxy) is 1. The number of nitrogens with one attached hydrogen (secondary N) is 1. The average Bonchev–Trinajstić information content (AvgIpc) is 3.21. The van der Waals surface area contributed by atoms with Crippen LogP contribution in [-0.2, 0) is 13.6 Å². The van der Waals surface area contributed by atoms with Crippen LogP contribution in [0.3, 0.4) is 0 Å². The van der Waals surface area contributed by atoms with Crippen LogP contribution in [0.25, 0.3) is 0 Å². The van der Waals surface area contributed by atoms with Crippen LogP contribution < -0.4 is 10.1 Å². The summed E-state index contributed by atoms with van der Waals surface area (Å²) in [5.74, 6) is 0.383. The van der Waals surface area contributed by atoms with Crippen LogP contribution in [-0.4, -0.2) is 82.3 Å². The van der Waals surface area contributed by atoms with Gasteiger partial charge < -0.3 is 24.8 Å². The first kappa shape index (κ1) is 29.1. The highest BCUT2D eigenvalue weighted by Gasteiger charge is 2.31. The van der Waals surface area contributed by atoms with Gasteiger partial charge in [0, 0.05) is 57.1 Å². The van der Waals surface area contributed by atoms with Crippen LogP contribution >= 0.6 is 0 Å². The number of aromatic nitrogens is 2. The summed E-state index contributed by atoms with van der Waals surface area (Å²) >= 11 is 0. The van der Waals surface area contributed by atoms with Crippen LogP contribution in [0.2, 0.25) is 0 Å². The lowest BCUT2D eigenvalue weighted by atomic mass is 10.1. The van der Waals surface area contributed by atoms with E-state index < -0.39 is 5.82 Å². The van der Waals surface area contributed by atoms with Gasteiger partial charge in [0.2, 0.25) is 0 Å². The Morgan fingerprint density at radius 1 is 1.13 bits per heavy atom. The Bertz CT molecular complexity index is 1120. The van der Waals surface area contributed by atoms with Gasteiger partial charge in [-0.05, 0) is 45.4 Å². The number of piperazine rings is 1. The highest BCUT2D eigenvalue weighted by atomic mass is 19.1. The van der Waals surface area contributed by atoms with Gasteiger partial charge >= 0.3 is 0 Å². The molecule has 1 fully saturated rings. The number of fused-ring (bicyclic) bond motifs is 1. The third-order valence-electron chi connectivity index (χ3n) is 7.96. The van der Waals surface area contributed by atoms with Gasteiger partial charge in [0.15, 0.2) is 0 Å². The summed E-state index contributed by atoms with van der Waals surface area (Å²) in [5.41, 5.74) is 1.81. The summed E-state index contributed by atoms with van der Waals surface area (Å²) in [6.07, 6.45) is 9.83. The summed E-state index contributed by atoms with van der Waals surface area (Å²) in [6, 6.07) is 4.32. The van der Waals surface area contributed by atoms with E-state index in [1.807, 2.05) is 27.0 Å². The number of amides is 1. The molecule has 9 heteroatoms. The SMILES string of the molecule is C/C=C1/Nc2c(cnn2C)CN(C(=O)c2ccc(OCCCN3CCN(CCCCCC)CC3)cc2F)C1C. The fourth-order valence-electron chi connectivity index (χ4n) is 5.44. The molecule has 1 unspecified atom stereocenters. The molecule has 0 spiro atoms. The standard InChI is InChI=1S/C30H45FN6O2/c1-5-7-8-9-13-35-15-17-36(18-16-35)14-10-19-39-25-11-12-26(27(31)20-25)30(38)37-22-24-21-32-34(4)29(24)33-28(6-2)23(37)3/h6,11-12,20-21,23,33H,5,7-10,13-19,22H2,1-4H3/b28-6+. The largest absolute Gasteiger partial charge is 0.493 e. The highest BCUT2D eigenvalue weighted by Crippen LogP contribution is 2.29. The molecule has 1 aromatic carbocycles. The number of anilines is 1. The highest BCUT2D eigenvalue weighted by molar-refractivity contribution is 5.95. The van der Waals surface area contributed by atoms with Crippen molar-refractivity contribution in [1.29, 1.82) is 0 Å². The fraction of sp³-hybridized carbons (Fsp3) is 0.600. The van der Waals surface area contributed by atoms with Gasteiger partial charge in [0.1, 0.15) is 17.4 Å². The molecule has 0 bridgehead atoms. The van der Waals surface area contributed by atoms with Crippen molar-refractivity contribution < 1.29 is 13.9 Å². The lowest BCUT2D eigenvalue weighted by Gasteiger charge is -2.34. The summed E-state index contributed by atoms with van der Waals surface area (Å²) in [7, 11) is 1.86. The van der Waals surface area contributed by atoms with E-state index in [2.05, 4.69) is 27.1 Å². The number of nitrogens with zero attached hydrogens (tertiary/aromatic N) is 5. The first-order chi connectivity index (χ1) is 18.9. The summed E-state index contributed by atoms with van der Waals surface area (Å²) in [4.78, 5) is 20.2. The van der Waals surface area contributed by atoms with Gasteiger partial charge in [0.25, 0.3) is 5.91 Å². The topological polar surface area (TPSA) is 65.9 Å². The molecule has 0 radical (unpaired) electrons. The molecule has 0 saturated carbocycles. The number of unbranched alkanes of at least 4 members (excludes halogenated alkanes) is 3. The predicted molar refractivity (Wildman–Crippen MR) is 153 cm³/mol. The second-order valence-electron chi connectivity index (χ2n) is 10.7. The van der Waals surface area contributed by atoms with E-state index in [4.69, 9.17) is 4.74 Å². The van der Waals surface area contributed by atoms with Gasteiger partial charge in [-0.25, -0.2) is 4.39 Å². The minimum absolute atomic E-state index is 0.0459. The van der Waals surface area contributed by atoms with Crippen molar-refractivity contribution in [1.82, 2.24) is 24.5 Å². The smallest absolute Gasteiger partial charge is 0.257 e. The summed E-state index contributed by atoms with van der Waals surface area (Å²) in [5, 5.41) is 7.69. The zero-order chi connectivity index (χ0) is 27.8. The molecule has 1 amide bonds. The van der Waals surface area contributed by atoms with Gasteiger partial charge in [-0.3, -0.25) is 9.48 Å². The Morgan fingerprint density at radius 2 is 1.85 bits per heavy atom. The number of allylic oxidation sites excluding steroid dienone is 1. The number of hydrogen-bond acceptors (Lipinski definition) is 6. The molecule has 1 saturated heterocycles. The Morgan fingerprint density at radius 3 is 2.51 bits per heavy atom. The van der Waals surface area contributed by atoms with Crippen LogP contribution in [0.1, 0.15) is 68.8 Å². The molecule has 4 rings (SSSR count). The van der Waals surface area contributed by atoms with Crippen molar-refractivity contribution in [2.24, 2.45) is 7.05 Å². The second-order valence-corrected chi connectivity index (χ2v) is 10.7. The first-order valence-electron chi connectivity index (χ1n) is 14.5. The molecule has 2 aromatic rings. The number of carbonyl (C=O) groups excluding carboxylic acids is 1. The van der Waals surface area contributed by atoms with E-state index >= 15 is 4.39 Å². The predicted octanol–water partition coefficient (Wildman–Crippen LogP) is 4.89. The van der Waals surface area contributed by atoms with Crippen LogP contribution in [0.4, 0.5) is 10.2 Å². The lowest BCUT2D eigenvalue weighted by Crippen LogP contribution is -2.46. The Labute approximate surface area is 232 Å². The fourth-order valence-corrected chi connectivity index (χ4v) is 5.44. The summed E-state index contributed by atoms with van der Waals surface area (Å²) in [6.45, 7) is 13.6. The lowest BCUT2D eigenvalue weighted by molar-refractivity contribution is 0.0701. The van der Waals surface area contributed by atoms with E-state index in [1.54, 1.807) is 21.8 Å². The minimum Gasteiger partial charge on any atom is -0.493 e. The first-order valence-corrected chi connectivity index (χ1v) is 14.5. The maximum Gasteiger partial charge on any atom is 0.257 e. The van der Waals surface area contributed by atoms with E-state index in [9.17, 15) is 4.79 Å². The van der Waals surface area contributed by atoms with E-state index in [-0.39, 0.29) is 17.5 Å². The average molecular weight is 541 g/mol. The third-order valence-corrected chi connectivity index (χ3v) is 7.96. The Hall–Kier alpha value is -2.91. The molecule has 2 aliphatic rings. The van der Waals surface area contributed by atoms with Gasteiger partial charge in [0.05, 0.1) is 31.0 Å². The number of benzene rings is 1. The normalized spacial score (nSPS) is 19.6. The van der Waals surface area contributed by atoms with Crippen molar-refractivity contribution in [2.75, 3.05) is 51.2 Å². The molecule has 214 valence electrons. The molecule has 1 aromatic heterocycles. The number of carbonyl (C=O) groups is 1. The zero-order valence-electron chi connectivity index (χ0n) is 24.1. The molecule has 1 N–H and O–H groups in total. The number of rotatable bonds is 11. The summed E-state index contributed by atoms with van der Waals surface area (Å²) < 4.78 is 22.7. The van der Waals surface area contributed by atoms with Crippen molar-refractivity contribution in [3.63, 3.8) is 0 Å². The van der Waals surface area contributed by atoms with E-state index in [0.717, 1.165) is 56.2 Å². The Balaban J connectivity index is 1.26. The van der Waals surface area contributed by atoms with Crippen molar-refractivity contribution in [3.05, 3.63) is 53.1 Å². The van der Waals surface area contributed by atoms with Gasteiger partial charge in [-0.1, -0.05) is 32.3 Å². The van der Waals surface area contributed by atoms with Crippen molar-refractivity contribution in [3.8, 4) is 5.75 Å². The molecule has 2 aliphatic heterocycles. The number of hydrogen-bond donors (Lipinski definition) is 1. The van der Waals surface area contributed by atoms with Gasteiger partial charge in [-0.2, -0.15) is 5.10 Å². The monoisotopic (exact) mass is 540 g/mol. The molecule has 1 atom stereocenters. The van der Waals surface area contributed by atoms with Crippen LogP contribution in [0, 0.1) is 5.82 Å². The Kier molecular flexibility index (Phi) is 10.4. The molecule has 39 heavy (non-hydrogen) atoms. The molecule has 3 heterocycles. The third kappa shape index (κ3) is 7.39. The zero-order valence-corrected chi connectivity index (χ0v) is 24.1. The van der Waals surface area contributed by atoms with Crippen molar-refractivity contribution in [2.45, 2.75) is 65.5 Å². The molecular formula is C30H45FN6O2. The maximum absolute atomic E-state index is 15.1. The quantitative estimate of drug-likeness (QED) is 0.410.